The Bertz CT molecular complexity index is 640. The lowest BCUT2D eigenvalue weighted by Crippen LogP contribution is -2.22. The van der Waals surface area contributed by atoms with Gasteiger partial charge in [-0.1, -0.05) is 27.7 Å². The first-order valence-corrected chi connectivity index (χ1v) is 8.35. The molecule has 1 saturated carbocycles. The molecule has 5 nitrogen and oxygen atoms in total. The smallest absolute Gasteiger partial charge is 0.277 e. The molecular weight excluding hydrogens is 354 g/mol. The van der Waals surface area contributed by atoms with E-state index in [1.165, 1.54) is 11.8 Å². The van der Waals surface area contributed by atoms with Crippen LogP contribution >= 0.6 is 27.7 Å². The van der Waals surface area contributed by atoms with Crippen LogP contribution in [0.25, 0.3) is 0 Å². The molecule has 0 radical (unpaired) electrons. The monoisotopic (exact) mass is 367 g/mol. The second-order valence-corrected chi connectivity index (χ2v) is 7.14. The van der Waals surface area contributed by atoms with Crippen molar-refractivity contribution in [3.63, 3.8) is 0 Å². The molecule has 2 aromatic rings. The zero-order valence-corrected chi connectivity index (χ0v) is 13.8. The van der Waals surface area contributed by atoms with Crippen molar-refractivity contribution in [2.45, 2.75) is 36.2 Å². The minimum absolute atomic E-state index is 0.0894. The number of hydrogen-bond donors (Lipinski definition) is 1. The lowest BCUT2D eigenvalue weighted by atomic mass is 10.3. The van der Waals surface area contributed by atoms with Crippen molar-refractivity contribution in [2.75, 3.05) is 5.32 Å². The van der Waals surface area contributed by atoms with Gasteiger partial charge in [0, 0.05) is 16.1 Å². The first-order valence-electron chi connectivity index (χ1n) is 6.68. The fraction of sp³-hybridized carbons (Fsp3) is 0.357. The Kier molecular flexibility index (Phi) is 4.30. The van der Waals surface area contributed by atoms with Crippen molar-refractivity contribution in [3.8, 4) is 0 Å². The standard InChI is InChI=1S/C14H14BrN3O2S/c1-8(12(19)16-11-6-4-10(15)5-7-11)21-14-18-17-13(20-14)9-2-3-9/h4-9H,2-3H2,1H3,(H,16,19)/t8-/m0/s1. The lowest BCUT2D eigenvalue weighted by molar-refractivity contribution is -0.115. The van der Waals surface area contributed by atoms with Gasteiger partial charge < -0.3 is 9.73 Å². The van der Waals surface area contributed by atoms with Crippen LogP contribution in [0.5, 0.6) is 0 Å². The number of aromatic nitrogens is 2. The summed E-state index contributed by atoms with van der Waals surface area (Å²) in [6.45, 7) is 1.82. The number of halogens is 1. The number of anilines is 1. The van der Waals surface area contributed by atoms with E-state index in [0.717, 1.165) is 23.0 Å². The van der Waals surface area contributed by atoms with Crippen LogP contribution in [0.3, 0.4) is 0 Å². The summed E-state index contributed by atoms with van der Waals surface area (Å²) in [6, 6.07) is 7.45. The molecule has 1 aromatic carbocycles. The van der Waals surface area contributed by atoms with Gasteiger partial charge in [-0.15, -0.1) is 10.2 Å². The van der Waals surface area contributed by atoms with Crippen molar-refractivity contribution < 1.29 is 9.21 Å². The van der Waals surface area contributed by atoms with Crippen LogP contribution in [-0.4, -0.2) is 21.4 Å². The first kappa shape index (κ1) is 14.6. The van der Waals surface area contributed by atoms with Gasteiger partial charge in [0.2, 0.25) is 11.8 Å². The van der Waals surface area contributed by atoms with Gasteiger partial charge in [-0.2, -0.15) is 0 Å². The van der Waals surface area contributed by atoms with Crippen molar-refractivity contribution in [2.24, 2.45) is 0 Å². The van der Waals surface area contributed by atoms with Crippen LogP contribution in [-0.2, 0) is 4.79 Å². The summed E-state index contributed by atoms with van der Waals surface area (Å²) in [4.78, 5) is 12.1. The Hall–Kier alpha value is -1.34. The molecule has 1 aliphatic rings. The normalized spacial score (nSPS) is 15.7. The molecule has 1 N–H and O–H groups in total. The van der Waals surface area contributed by atoms with Crippen LogP contribution in [0.2, 0.25) is 0 Å². The van der Waals surface area contributed by atoms with Crippen LogP contribution < -0.4 is 5.32 Å². The number of nitrogens with one attached hydrogen (secondary N) is 1. The third kappa shape index (κ3) is 3.85. The summed E-state index contributed by atoms with van der Waals surface area (Å²) < 4.78 is 6.52. The lowest BCUT2D eigenvalue weighted by Gasteiger charge is -2.09. The molecule has 0 aliphatic heterocycles. The molecular formula is C14H14BrN3O2S. The highest BCUT2D eigenvalue weighted by molar-refractivity contribution is 9.10. The van der Waals surface area contributed by atoms with E-state index in [9.17, 15) is 4.79 Å². The molecule has 3 rings (SSSR count). The molecule has 1 aromatic heterocycles. The molecule has 0 unspecified atom stereocenters. The Morgan fingerprint density at radius 2 is 2.10 bits per heavy atom. The third-order valence-electron chi connectivity index (χ3n) is 3.11. The number of thioether (sulfide) groups is 1. The van der Waals surface area contributed by atoms with E-state index in [1.54, 1.807) is 0 Å². The SMILES string of the molecule is C[C@H](Sc1nnc(C2CC2)o1)C(=O)Nc1ccc(Br)cc1. The Balaban J connectivity index is 1.57. The number of carbonyl (C=O) groups excluding carboxylic acids is 1. The maximum Gasteiger partial charge on any atom is 0.277 e. The summed E-state index contributed by atoms with van der Waals surface area (Å²) in [5.41, 5.74) is 0.764. The molecule has 110 valence electrons. The molecule has 7 heteroatoms. The Labute approximate surface area is 135 Å². The average Bonchev–Trinajstić information content (AvgIpc) is 3.22. The second kappa shape index (κ2) is 6.19. The molecule has 0 saturated heterocycles. The van der Waals surface area contributed by atoms with E-state index in [-0.39, 0.29) is 11.2 Å². The van der Waals surface area contributed by atoms with E-state index in [4.69, 9.17) is 4.42 Å². The van der Waals surface area contributed by atoms with Crippen molar-refractivity contribution in [3.05, 3.63) is 34.6 Å². The summed E-state index contributed by atoms with van der Waals surface area (Å²) in [7, 11) is 0. The maximum atomic E-state index is 12.1. The summed E-state index contributed by atoms with van der Waals surface area (Å²) in [5.74, 6) is 1.03. The van der Waals surface area contributed by atoms with Crippen molar-refractivity contribution in [1.29, 1.82) is 0 Å². The molecule has 1 aliphatic carbocycles. The minimum atomic E-state index is -0.304. The van der Waals surface area contributed by atoms with Crippen LogP contribution in [0.15, 0.2) is 38.4 Å². The van der Waals surface area contributed by atoms with Gasteiger partial charge in [-0.25, -0.2) is 0 Å². The zero-order chi connectivity index (χ0) is 14.8. The highest BCUT2D eigenvalue weighted by Crippen LogP contribution is 2.40. The molecule has 21 heavy (non-hydrogen) atoms. The number of rotatable bonds is 5. The van der Waals surface area contributed by atoms with Crippen LogP contribution in [0.1, 0.15) is 31.6 Å². The number of carbonyl (C=O) groups is 1. The highest BCUT2D eigenvalue weighted by atomic mass is 79.9. The topological polar surface area (TPSA) is 68.0 Å². The summed E-state index contributed by atoms with van der Waals surface area (Å²) >= 11 is 4.64. The van der Waals surface area contributed by atoms with E-state index in [1.807, 2.05) is 31.2 Å². The van der Waals surface area contributed by atoms with E-state index in [0.29, 0.717) is 17.0 Å². The van der Waals surface area contributed by atoms with Crippen LogP contribution in [0, 0.1) is 0 Å². The fourth-order valence-corrected chi connectivity index (χ4v) is 2.70. The largest absolute Gasteiger partial charge is 0.416 e. The van der Waals surface area contributed by atoms with Gasteiger partial charge >= 0.3 is 0 Å². The van der Waals surface area contributed by atoms with Gasteiger partial charge in [0.15, 0.2) is 0 Å². The van der Waals surface area contributed by atoms with Gasteiger partial charge in [0.05, 0.1) is 5.25 Å². The maximum absolute atomic E-state index is 12.1. The minimum Gasteiger partial charge on any atom is -0.416 e. The predicted octanol–water partition coefficient (Wildman–Crippen LogP) is 3.83. The third-order valence-corrected chi connectivity index (χ3v) is 4.57. The van der Waals surface area contributed by atoms with E-state index >= 15 is 0 Å². The van der Waals surface area contributed by atoms with E-state index < -0.39 is 0 Å². The molecule has 1 amide bonds. The molecule has 0 spiro atoms. The van der Waals surface area contributed by atoms with Crippen molar-refractivity contribution in [1.82, 2.24) is 10.2 Å². The number of benzene rings is 1. The van der Waals surface area contributed by atoms with Crippen molar-refractivity contribution >= 4 is 39.3 Å². The molecule has 0 bridgehead atoms. The number of amides is 1. The fourth-order valence-electron chi connectivity index (χ4n) is 1.75. The van der Waals surface area contributed by atoms with Gasteiger partial charge in [0.1, 0.15) is 0 Å². The second-order valence-electron chi connectivity index (χ2n) is 4.94. The predicted molar refractivity (Wildman–Crippen MR) is 84.4 cm³/mol. The van der Waals surface area contributed by atoms with Gasteiger partial charge in [-0.3, -0.25) is 4.79 Å². The quantitative estimate of drug-likeness (QED) is 0.813. The molecule has 1 heterocycles. The van der Waals surface area contributed by atoms with Gasteiger partial charge in [0.25, 0.3) is 5.22 Å². The van der Waals surface area contributed by atoms with Crippen LogP contribution in [0.4, 0.5) is 5.69 Å². The van der Waals surface area contributed by atoms with Gasteiger partial charge in [-0.05, 0) is 44.0 Å². The molecule has 1 atom stereocenters. The number of hydrogen-bond acceptors (Lipinski definition) is 5. The molecule has 1 fully saturated rings. The van der Waals surface area contributed by atoms with E-state index in [2.05, 4.69) is 31.4 Å². The Morgan fingerprint density at radius 1 is 1.38 bits per heavy atom. The zero-order valence-electron chi connectivity index (χ0n) is 11.4. The first-order chi connectivity index (χ1) is 10.1. The highest BCUT2D eigenvalue weighted by Gasteiger charge is 2.30. The average molecular weight is 368 g/mol. The summed E-state index contributed by atoms with van der Waals surface area (Å²) in [5, 5.41) is 11.0. The summed E-state index contributed by atoms with van der Waals surface area (Å²) in [6.07, 6.45) is 2.23. The number of nitrogens with zero attached hydrogens (tertiary/aromatic N) is 2. The Morgan fingerprint density at radius 3 is 2.76 bits per heavy atom.